The summed E-state index contributed by atoms with van der Waals surface area (Å²) in [7, 11) is 1.99. The first-order valence-corrected chi connectivity index (χ1v) is 4.93. The smallest absolute Gasteiger partial charge is 0.152 e. The minimum Gasteiger partial charge on any atom is -0.354 e. The fraction of sp³-hybridized carbons (Fsp3) is 0.286. The van der Waals surface area contributed by atoms with Gasteiger partial charge in [0.25, 0.3) is 0 Å². The first-order valence-electron chi connectivity index (χ1n) is 3.47. The Hall–Kier alpha value is -0.230. The van der Waals surface area contributed by atoms with Crippen LogP contribution in [-0.4, -0.2) is 24.5 Å². The number of likely N-dealkylation sites (N-methyl/N-ethyl adjacent to an activating group) is 1. The van der Waals surface area contributed by atoms with E-state index in [9.17, 15) is 0 Å². The number of halogens is 2. The molecular formula is C7H7ClIN3. The lowest BCUT2D eigenvalue weighted by Crippen LogP contribution is -2.29. The van der Waals surface area contributed by atoms with Gasteiger partial charge in [-0.1, -0.05) is 11.6 Å². The van der Waals surface area contributed by atoms with E-state index in [4.69, 9.17) is 11.6 Å². The quantitative estimate of drug-likeness (QED) is 0.543. The van der Waals surface area contributed by atoms with Gasteiger partial charge in [0.15, 0.2) is 6.17 Å². The Balaban J connectivity index is 2.44. The van der Waals surface area contributed by atoms with E-state index in [2.05, 4.69) is 32.9 Å². The second kappa shape index (κ2) is 2.92. The van der Waals surface area contributed by atoms with Gasteiger partial charge in [0.1, 0.15) is 5.16 Å². The summed E-state index contributed by atoms with van der Waals surface area (Å²) in [6.07, 6.45) is 3.74. The van der Waals surface area contributed by atoms with Crippen molar-refractivity contribution in [3.05, 3.63) is 20.5 Å². The Morgan fingerprint density at radius 3 is 3.17 bits per heavy atom. The zero-order chi connectivity index (χ0) is 8.72. The summed E-state index contributed by atoms with van der Waals surface area (Å²) < 4.78 is 1.15. The van der Waals surface area contributed by atoms with Crippen molar-refractivity contribution in [2.75, 3.05) is 7.05 Å². The van der Waals surface area contributed by atoms with Crippen molar-refractivity contribution in [1.82, 2.24) is 10.2 Å². The highest BCUT2D eigenvalue weighted by Gasteiger charge is 2.29. The highest BCUT2D eigenvalue weighted by atomic mass is 127. The van der Waals surface area contributed by atoms with Gasteiger partial charge < -0.3 is 10.2 Å². The van der Waals surface area contributed by atoms with Gasteiger partial charge in [-0.25, -0.2) is 4.99 Å². The lowest BCUT2D eigenvalue weighted by atomic mass is 10.2. The molecule has 1 N–H and O–H groups in total. The van der Waals surface area contributed by atoms with Gasteiger partial charge in [-0.2, -0.15) is 0 Å². The summed E-state index contributed by atoms with van der Waals surface area (Å²) in [6.45, 7) is 0. The van der Waals surface area contributed by atoms with Crippen LogP contribution in [-0.2, 0) is 0 Å². The molecule has 0 aromatic rings. The van der Waals surface area contributed by atoms with E-state index in [1.54, 1.807) is 6.34 Å². The Morgan fingerprint density at radius 2 is 2.50 bits per heavy atom. The van der Waals surface area contributed by atoms with Gasteiger partial charge in [0, 0.05) is 22.4 Å². The van der Waals surface area contributed by atoms with Crippen LogP contribution in [0.2, 0.25) is 0 Å². The third-order valence-electron chi connectivity index (χ3n) is 1.86. The fourth-order valence-electron chi connectivity index (χ4n) is 1.29. The van der Waals surface area contributed by atoms with Crippen LogP contribution in [0.25, 0.3) is 0 Å². The Kier molecular flexibility index (Phi) is 2.04. The van der Waals surface area contributed by atoms with Gasteiger partial charge >= 0.3 is 0 Å². The lowest BCUT2D eigenvalue weighted by Gasteiger charge is -2.21. The molecule has 0 saturated carbocycles. The van der Waals surface area contributed by atoms with Crippen LogP contribution in [0, 0.1) is 0 Å². The number of hydrogen-bond donors (Lipinski definition) is 1. The number of rotatable bonds is 0. The summed E-state index contributed by atoms with van der Waals surface area (Å²) >= 11 is 8.24. The molecule has 0 unspecified atom stereocenters. The maximum atomic E-state index is 5.98. The minimum atomic E-state index is 0.0747. The van der Waals surface area contributed by atoms with Crippen molar-refractivity contribution in [3.63, 3.8) is 0 Å². The number of aliphatic imine (C=N–C) groups is 1. The average molecular weight is 296 g/mol. The molecule has 5 heteroatoms. The molecular weight excluding hydrogens is 288 g/mol. The maximum absolute atomic E-state index is 5.98. The van der Waals surface area contributed by atoms with E-state index in [0.717, 1.165) is 9.15 Å². The molecule has 0 bridgehead atoms. The van der Waals surface area contributed by atoms with Crippen molar-refractivity contribution < 1.29 is 0 Å². The summed E-state index contributed by atoms with van der Waals surface area (Å²) in [4.78, 5) is 6.30. The molecule has 3 nitrogen and oxygen atoms in total. The second-order valence-electron chi connectivity index (χ2n) is 2.67. The van der Waals surface area contributed by atoms with E-state index in [-0.39, 0.29) is 6.17 Å². The van der Waals surface area contributed by atoms with Crippen LogP contribution >= 0.6 is 34.2 Å². The Labute approximate surface area is 89.3 Å². The zero-order valence-corrected chi connectivity index (χ0v) is 9.30. The highest BCUT2D eigenvalue weighted by Crippen LogP contribution is 2.35. The SMILES string of the molecule is CN1C=C(I)C2=C(Cl)NC=N[C@H]21. The van der Waals surface area contributed by atoms with Gasteiger partial charge in [0.05, 0.1) is 6.34 Å². The molecule has 0 saturated heterocycles. The fourth-order valence-corrected chi connectivity index (χ4v) is 2.68. The normalized spacial score (nSPS) is 27.1. The summed E-state index contributed by atoms with van der Waals surface area (Å²) in [5.41, 5.74) is 1.07. The van der Waals surface area contributed by atoms with Crippen LogP contribution < -0.4 is 5.32 Å². The van der Waals surface area contributed by atoms with Crippen molar-refractivity contribution >= 4 is 40.5 Å². The first-order chi connectivity index (χ1) is 5.70. The van der Waals surface area contributed by atoms with Crippen LogP contribution in [0.1, 0.15) is 0 Å². The van der Waals surface area contributed by atoms with E-state index in [1.807, 2.05) is 18.1 Å². The molecule has 2 rings (SSSR count). The molecule has 64 valence electrons. The van der Waals surface area contributed by atoms with Crippen molar-refractivity contribution in [1.29, 1.82) is 0 Å². The van der Waals surface area contributed by atoms with Crippen LogP contribution in [0.5, 0.6) is 0 Å². The van der Waals surface area contributed by atoms with E-state index < -0.39 is 0 Å². The molecule has 2 heterocycles. The van der Waals surface area contributed by atoms with Crippen molar-refractivity contribution in [3.8, 4) is 0 Å². The van der Waals surface area contributed by atoms with Gasteiger partial charge in [-0.15, -0.1) is 0 Å². The summed E-state index contributed by atoms with van der Waals surface area (Å²) in [6, 6.07) is 0. The highest BCUT2D eigenvalue weighted by molar-refractivity contribution is 14.1. The van der Waals surface area contributed by atoms with E-state index in [0.29, 0.717) is 5.16 Å². The number of nitrogens with one attached hydrogen (secondary N) is 1. The third kappa shape index (κ3) is 1.13. The Bertz CT molecular complexity index is 308. The molecule has 2 aliphatic rings. The van der Waals surface area contributed by atoms with Crippen LogP contribution in [0.3, 0.4) is 0 Å². The molecule has 0 amide bonds. The average Bonchev–Trinajstić information content (AvgIpc) is 2.29. The molecule has 0 spiro atoms. The number of hydrogen-bond acceptors (Lipinski definition) is 3. The van der Waals surface area contributed by atoms with Crippen LogP contribution in [0.4, 0.5) is 0 Å². The molecule has 0 radical (unpaired) electrons. The maximum Gasteiger partial charge on any atom is 0.152 e. The van der Waals surface area contributed by atoms with Gasteiger partial charge in [0.2, 0.25) is 0 Å². The zero-order valence-electron chi connectivity index (χ0n) is 6.38. The molecule has 0 fully saturated rings. The predicted molar refractivity (Wildman–Crippen MR) is 58.2 cm³/mol. The largest absolute Gasteiger partial charge is 0.354 e. The number of fused-ring (bicyclic) bond motifs is 1. The van der Waals surface area contributed by atoms with Gasteiger partial charge in [-0.05, 0) is 22.6 Å². The summed E-state index contributed by atoms with van der Waals surface area (Å²) in [5, 5.41) is 3.57. The van der Waals surface area contributed by atoms with Gasteiger partial charge in [-0.3, -0.25) is 0 Å². The van der Waals surface area contributed by atoms with Crippen molar-refractivity contribution in [2.45, 2.75) is 6.17 Å². The van der Waals surface area contributed by atoms with Crippen LogP contribution in [0.15, 0.2) is 25.5 Å². The molecule has 0 aromatic heterocycles. The lowest BCUT2D eigenvalue weighted by molar-refractivity contribution is 0.402. The molecule has 2 aliphatic heterocycles. The monoisotopic (exact) mass is 295 g/mol. The van der Waals surface area contributed by atoms with E-state index >= 15 is 0 Å². The molecule has 12 heavy (non-hydrogen) atoms. The molecule has 0 aliphatic carbocycles. The predicted octanol–water partition coefficient (Wildman–Crippen LogP) is 1.62. The minimum absolute atomic E-state index is 0.0747. The third-order valence-corrected chi connectivity index (χ3v) is 3.03. The Morgan fingerprint density at radius 1 is 1.75 bits per heavy atom. The molecule has 0 aromatic carbocycles. The number of nitrogens with zero attached hydrogens (tertiary/aromatic N) is 2. The summed E-state index contributed by atoms with van der Waals surface area (Å²) in [5.74, 6) is 0. The topological polar surface area (TPSA) is 27.6 Å². The second-order valence-corrected chi connectivity index (χ2v) is 4.21. The first kappa shape index (κ1) is 8.37. The van der Waals surface area contributed by atoms with Crippen molar-refractivity contribution in [2.24, 2.45) is 4.99 Å². The standard InChI is InChI=1S/C7H7ClIN3/c1-12-2-4(9)5-6(8)10-3-11-7(5)12/h2-3,7H,1H3,(H,10,11)/t7-/m0/s1. The van der Waals surface area contributed by atoms with E-state index in [1.165, 1.54) is 0 Å². The molecule has 1 atom stereocenters.